The summed E-state index contributed by atoms with van der Waals surface area (Å²) in [7, 11) is 0. The van der Waals surface area contributed by atoms with Gasteiger partial charge in [-0.2, -0.15) is 0 Å². The highest BCUT2D eigenvalue weighted by molar-refractivity contribution is 5.45. The molecule has 0 spiro atoms. The highest BCUT2D eigenvalue weighted by atomic mass is 16.3. The summed E-state index contributed by atoms with van der Waals surface area (Å²) in [4.78, 5) is 2.65. The second kappa shape index (κ2) is 4.88. The predicted octanol–water partition coefficient (Wildman–Crippen LogP) is 3.64. The van der Waals surface area contributed by atoms with E-state index in [-0.39, 0.29) is 0 Å². The van der Waals surface area contributed by atoms with Crippen molar-refractivity contribution in [2.24, 2.45) is 5.92 Å². The molecule has 21 heavy (non-hydrogen) atoms. The van der Waals surface area contributed by atoms with E-state index < -0.39 is 0 Å². The summed E-state index contributed by atoms with van der Waals surface area (Å²) >= 11 is 0. The number of phenolic OH excluding ortho intramolecular Hbond substituents is 1. The monoisotopic (exact) mass is 283 g/mol. The average Bonchev–Trinajstić information content (AvgIpc) is 2.51. The Hall–Kier alpha value is -1.28. The third kappa shape index (κ3) is 1.88. The van der Waals surface area contributed by atoms with E-state index in [4.69, 9.17) is 0 Å². The molecule has 1 aromatic carbocycles. The fraction of sp³-hybridized carbons (Fsp3) is 0.579. The number of aromatic hydroxyl groups is 1. The first kappa shape index (κ1) is 13.4. The molecule has 1 unspecified atom stereocenters. The van der Waals surface area contributed by atoms with Gasteiger partial charge in [0.25, 0.3) is 0 Å². The molecule has 4 rings (SSSR count). The number of benzene rings is 1. The molecule has 0 radical (unpaired) electrons. The molecule has 2 aliphatic carbocycles. The first-order valence-corrected chi connectivity index (χ1v) is 8.42. The van der Waals surface area contributed by atoms with E-state index in [1.165, 1.54) is 49.8 Å². The Morgan fingerprint density at radius 2 is 2.24 bits per heavy atom. The molecule has 2 fully saturated rings. The number of nitrogens with zero attached hydrogens (tertiary/aromatic N) is 1. The lowest BCUT2D eigenvalue weighted by Crippen LogP contribution is -2.60. The van der Waals surface area contributed by atoms with Crippen molar-refractivity contribution >= 4 is 0 Å². The summed E-state index contributed by atoms with van der Waals surface area (Å²) in [6.07, 6.45) is 9.84. The van der Waals surface area contributed by atoms with E-state index in [1.54, 1.807) is 0 Å². The maximum absolute atomic E-state index is 9.98. The number of hydrogen-bond donors (Lipinski definition) is 1. The molecule has 1 aliphatic heterocycles. The van der Waals surface area contributed by atoms with Crippen LogP contribution in [0.3, 0.4) is 0 Å². The lowest BCUT2D eigenvalue weighted by Gasteiger charge is -2.59. The quantitative estimate of drug-likeness (QED) is 0.838. The number of hydrogen-bond acceptors (Lipinski definition) is 2. The minimum atomic E-state index is 0.340. The molecule has 1 saturated heterocycles. The Bertz CT molecular complexity index is 567. The van der Waals surface area contributed by atoms with E-state index in [1.807, 2.05) is 6.07 Å². The van der Waals surface area contributed by atoms with Crippen molar-refractivity contribution in [1.82, 2.24) is 4.90 Å². The first-order valence-electron chi connectivity index (χ1n) is 8.42. The van der Waals surface area contributed by atoms with Gasteiger partial charge in [0, 0.05) is 18.0 Å². The third-order valence-corrected chi connectivity index (χ3v) is 6.30. The van der Waals surface area contributed by atoms with Gasteiger partial charge >= 0.3 is 0 Å². The first-order chi connectivity index (χ1) is 10.2. The van der Waals surface area contributed by atoms with Crippen LogP contribution in [0.5, 0.6) is 5.75 Å². The van der Waals surface area contributed by atoms with Crippen LogP contribution < -0.4 is 0 Å². The summed E-state index contributed by atoms with van der Waals surface area (Å²) in [6.45, 7) is 6.15. The fourth-order valence-corrected chi connectivity index (χ4v) is 5.47. The molecule has 3 aliphatic rings. The fourth-order valence-electron chi connectivity index (χ4n) is 5.47. The summed E-state index contributed by atoms with van der Waals surface area (Å²) in [5.41, 5.74) is 3.29. The highest BCUT2D eigenvalue weighted by Crippen LogP contribution is 2.56. The van der Waals surface area contributed by atoms with E-state index in [2.05, 4.69) is 29.7 Å². The van der Waals surface area contributed by atoms with E-state index in [0.29, 0.717) is 17.2 Å². The van der Waals surface area contributed by atoms with E-state index in [9.17, 15) is 5.11 Å². The van der Waals surface area contributed by atoms with Gasteiger partial charge < -0.3 is 5.11 Å². The molecule has 2 nitrogen and oxygen atoms in total. The Labute approximate surface area is 127 Å². The maximum Gasteiger partial charge on any atom is 0.115 e. The molecule has 2 bridgehead atoms. The van der Waals surface area contributed by atoms with Crippen LogP contribution in [0.25, 0.3) is 0 Å². The zero-order valence-corrected chi connectivity index (χ0v) is 12.7. The van der Waals surface area contributed by atoms with Crippen molar-refractivity contribution in [2.45, 2.75) is 50.0 Å². The van der Waals surface area contributed by atoms with E-state index >= 15 is 0 Å². The lowest BCUT2D eigenvalue weighted by atomic mass is 9.52. The molecule has 2 heteroatoms. The van der Waals surface area contributed by atoms with Crippen molar-refractivity contribution in [3.05, 3.63) is 42.0 Å². The summed E-state index contributed by atoms with van der Waals surface area (Å²) in [5.74, 6) is 1.22. The van der Waals surface area contributed by atoms with Gasteiger partial charge in [0.15, 0.2) is 0 Å². The van der Waals surface area contributed by atoms with Gasteiger partial charge in [-0.1, -0.05) is 25.0 Å². The van der Waals surface area contributed by atoms with Gasteiger partial charge in [-0.3, -0.25) is 4.90 Å². The van der Waals surface area contributed by atoms with Crippen LogP contribution in [0.15, 0.2) is 30.9 Å². The average molecular weight is 283 g/mol. The van der Waals surface area contributed by atoms with Crippen LogP contribution in [0.4, 0.5) is 0 Å². The normalized spacial score (nSPS) is 34.9. The number of rotatable bonds is 2. The standard InChI is InChI=1S/C19H25NO/c1-2-10-20-11-9-19-8-4-3-5-16(19)18(20)12-14-6-7-15(21)13-17(14)19/h2,6-7,13,16,18,21H,1,3-5,8-12H2/t16?,18-,19+/m1/s1. The molecular weight excluding hydrogens is 258 g/mol. The Morgan fingerprint density at radius 3 is 3.10 bits per heavy atom. The largest absolute Gasteiger partial charge is 0.508 e. The van der Waals surface area contributed by atoms with Crippen molar-refractivity contribution in [3.8, 4) is 5.75 Å². The van der Waals surface area contributed by atoms with Crippen molar-refractivity contribution in [1.29, 1.82) is 0 Å². The van der Waals surface area contributed by atoms with Crippen LogP contribution in [0.1, 0.15) is 43.2 Å². The summed E-state index contributed by atoms with van der Waals surface area (Å²) in [5, 5.41) is 9.98. The topological polar surface area (TPSA) is 23.5 Å². The minimum Gasteiger partial charge on any atom is -0.508 e. The molecule has 0 aromatic heterocycles. The number of fused-ring (bicyclic) bond motifs is 1. The maximum atomic E-state index is 9.98. The minimum absolute atomic E-state index is 0.340. The Morgan fingerprint density at radius 1 is 1.33 bits per heavy atom. The molecule has 3 atom stereocenters. The lowest BCUT2D eigenvalue weighted by molar-refractivity contribution is -0.00517. The molecule has 1 saturated carbocycles. The van der Waals surface area contributed by atoms with Gasteiger partial charge in [0.2, 0.25) is 0 Å². The van der Waals surface area contributed by atoms with Gasteiger partial charge in [0.05, 0.1) is 0 Å². The van der Waals surface area contributed by atoms with Crippen molar-refractivity contribution < 1.29 is 5.11 Å². The molecule has 0 amide bonds. The smallest absolute Gasteiger partial charge is 0.115 e. The zero-order valence-electron chi connectivity index (χ0n) is 12.7. The van der Waals surface area contributed by atoms with Gasteiger partial charge in [-0.05, 0) is 61.4 Å². The van der Waals surface area contributed by atoms with Crippen LogP contribution in [-0.4, -0.2) is 29.1 Å². The second-order valence-electron chi connectivity index (χ2n) is 7.15. The third-order valence-electron chi connectivity index (χ3n) is 6.30. The van der Waals surface area contributed by atoms with Crippen LogP contribution in [0.2, 0.25) is 0 Å². The molecule has 112 valence electrons. The summed E-state index contributed by atoms with van der Waals surface area (Å²) < 4.78 is 0. The van der Waals surface area contributed by atoms with E-state index in [0.717, 1.165) is 18.9 Å². The Kier molecular flexibility index (Phi) is 3.11. The molecule has 1 heterocycles. The number of phenols is 1. The second-order valence-corrected chi connectivity index (χ2v) is 7.15. The molecule has 1 N–H and O–H groups in total. The number of piperidine rings is 1. The Balaban J connectivity index is 1.83. The van der Waals surface area contributed by atoms with Gasteiger partial charge in [0.1, 0.15) is 5.75 Å². The van der Waals surface area contributed by atoms with Crippen molar-refractivity contribution in [2.75, 3.05) is 13.1 Å². The van der Waals surface area contributed by atoms with Crippen LogP contribution >= 0.6 is 0 Å². The molecular formula is C19H25NO. The SMILES string of the molecule is C=CCN1CC[C@@]23CCCCC2[C@H]1Cc1ccc(O)cc13. The summed E-state index contributed by atoms with van der Waals surface area (Å²) in [6, 6.07) is 6.79. The zero-order chi connectivity index (χ0) is 14.4. The van der Waals surface area contributed by atoms with Crippen LogP contribution in [0, 0.1) is 5.92 Å². The van der Waals surface area contributed by atoms with Crippen molar-refractivity contribution in [3.63, 3.8) is 0 Å². The van der Waals surface area contributed by atoms with Crippen LogP contribution in [-0.2, 0) is 11.8 Å². The number of likely N-dealkylation sites (tertiary alicyclic amines) is 1. The van der Waals surface area contributed by atoms with Gasteiger partial charge in [-0.25, -0.2) is 0 Å². The highest BCUT2D eigenvalue weighted by Gasteiger charge is 2.53. The molecule has 1 aromatic rings. The van der Waals surface area contributed by atoms with Gasteiger partial charge in [-0.15, -0.1) is 6.58 Å². The predicted molar refractivity (Wildman–Crippen MR) is 85.6 cm³/mol.